The fraction of sp³-hybridized carbons (Fsp3) is 0.357. The van der Waals surface area contributed by atoms with Crippen LogP contribution < -0.4 is 5.32 Å². The molecule has 5 heteroatoms. The standard InChI is InChI=1S/C14H14N2O3/c1-2-14(8-7-12(18)16-13(14)19)10-3-5-11(6-4-10)15-9-17/h3-6H,2,7-8H2,1H3,(H,16,18,19). The van der Waals surface area contributed by atoms with E-state index in [0.717, 1.165) is 5.56 Å². The number of imide groups is 1. The Morgan fingerprint density at radius 2 is 2.00 bits per heavy atom. The van der Waals surface area contributed by atoms with E-state index in [-0.39, 0.29) is 11.8 Å². The van der Waals surface area contributed by atoms with Gasteiger partial charge in [0.05, 0.1) is 11.1 Å². The quantitative estimate of drug-likeness (QED) is 0.509. The number of isocyanates is 1. The number of carbonyl (C=O) groups is 2. The molecule has 0 saturated carbocycles. The number of amides is 2. The Morgan fingerprint density at radius 1 is 1.32 bits per heavy atom. The fourth-order valence-electron chi connectivity index (χ4n) is 2.47. The maximum atomic E-state index is 12.2. The Bertz CT molecular complexity index is 559. The molecular weight excluding hydrogens is 244 g/mol. The van der Waals surface area contributed by atoms with E-state index >= 15 is 0 Å². The molecule has 1 unspecified atom stereocenters. The normalized spacial score (nSPS) is 22.6. The summed E-state index contributed by atoms with van der Waals surface area (Å²) >= 11 is 0. The molecular formula is C14H14N2O3. The minimum absolute atomic E-state index is 0.226. The molecule has 1 heterocycles. The van der Waals surface area contributed by atoms with Crippen LogP contribution >= 0.6 is 0 Å². The lowest BCUT2D eigenvalue weighted by Crippen LogP contribution is -2.51. The molecule has 1 N–H and O–H groups in total. The monoisotopic (exact) mass is 258 g/mol. The van der Waals surface area contributed by atoms with Gasteiger partial charge in [0.15, 0.2) is 0 Å². The predicted molar refractivity (Wildman–Crippen MR) is 68.6 cm³/mol. The molecule has 2 rings (SSSR count). The first-order chi connectivity index (χ1) is 9.12. The van der Waals surface area contributed by atoms with Gasteiger partial charge in [-0.2, -0.15) is 4.99 Å². The molecule has 0 radical (unpaired) electrons. The summed E-state index contributed by atoms with van der Waals surface area (Å²) in [5.74, 6) is -0.478. The highest BCUT2D eigenvalue weighted by Crippen LogP contribution is 2.36. The lowest BCUT2D eigenvalue weighted by atomic mass is 9.72. The van der Waals surface area contributed by atoms with E-state index in [1.54, 1.807) is 24.3 Å². The number of aliphatic imine (C=N–C) groups is 1. The van der Waals surface area contributed by atoms with Crippen molar-refractivity contribution in [2.24, 2.45) is 4.99 Å². The van der Waals surface area contributed by atoms with Crippen LogP contribution in [0.1, 0.15) is 31.7 Å². The Hall–Kier alpha value is -2.26. The highest BCUT2D eigenvalue weighted by molar-refractivity contribution is 6.03. The lowest BCUT2D eigenvalue weighted by molar-refractivity contribution is -0.138. The van der Waals surface area contributed by atoms with Gasteiger partial charge in [-0.25, -0.2) is 4.79 Å². The SMILES string of the molecule is CCC1(c2ccc(N=C=O)cc2)CCC(=O)NC1=O. The summed E-state index contributed by atoms with van der Waals surface area (Å²) in [6.07, 6.45) is 2.93. The largest absolute Gasteiger partial charge is 0.296 e. The number of rotatable bonds is 3. The Morgan fingerprint density at radius 3 is 2.53 bits per heavy atom. The third-order valence-corrected chi connectivity index (χ3v) is 3.66. The van der Waals surface area contributed by atoms with Gasteiger partial charge in [0, 0.05) is 6.42 Å². The molecule has 1 aromatic rings. The zero-order valence-electron chi connectivity index (χ0n) is 10.6. The second-order valence-corrected chi connectivity index (χ2v) is 4.56. The van der Waals surface area contributed by atoms with E-state index in [4.69, 9.17) is 0 Å². The van der Waals surface area contributed by atoms with Crippen LogP contribution in [0.2, 0.25) is 0 Å². The van der Waals surface area contributed by atoms with Crippen molar-refractivity contribution < 1.29 is 14.4 Å². The van der Waals surface area contributed by atoms with Gasteiger partial charge >= 0.3 is 0 Å². The van der Waals surface area contributed by atoms with Gasteiger partial charge in [-0.05, 0) is 30.5 Å². The van der Waals surface area contributed by atoms with Crippen molar-refractivity contribution in [2.75, 3.05) is 0 Å². The van der Waals surface area contributed by atoms with Gasteiger partial charge in [-0.1, -0.05) is 19.1 Å². The highest BCUT2D eigenvalue weighted by atomic mass is 16.2. The average molecular weight is 258 g/mol. The van der Waals surface area contributed by atoms with Gasteiger partial charge in [-0.15, -0.1) is 0 Å². The summed E-state index contributed by atoms with van der Waals surface area (Å²) in [4.78, 5) is 37.1. The van der Waals surface area contributed by atoms with Crippen LogP contribution in [0, 0.1) is 0 Å². The number of hydrogen-bond acceptors (Lipinski definition) is 4. The molecule has 2 amide bonds. The molecule has 1 saturated heterocycles. The van der Waals surface area contributed by atoms with Gasteiger partial charge in [0.1, 0.15) is 0 Å². The minimum atomic E-state index is -0.669. The molecule has 0 aromatic heterocycles. The number of piperidine rings is 1. The maximum absolute atomic E-state index is 12.2. The molecule has 19 heavy (non-hydrogen) atoms. The van der Waals surface area contributed by atoms with Crippen LogP contribution in [0.25, 0.3) is 0 Å². The third-order valence-electron chi connectivity index (χ3n) is 3.66. The van der Waals surface area contributed by atoms with E-state index < -0.39 is 5.41 Å². The number of benzene rings is 1. The van der Waals surface area contributed by atoms with E-state index in [1.807, 2.05) is 6.92 Å². The summed E-state index contributed by atoms with van der Waals surface area (Å²) in [7, 11) is 0. The van der Waals surface area contributed by atoms with Crippen LogP contribution in [0.4, 0.5) is 5.69 Å². The van der Waals surface area contributed by atoms with Crippen LogP contribution in [0.15, 0.2) is 29.3 Å². The van der Waals surface area contributed by atoms with Crippen molar-refractivity contribution in [3.05, 3.63) is 29.8 Å². The van der Waals surface area contributed by atoms with E-state index in [9.17, 15) is 14.4 Å². The summed E-state index contributed by atoms with van der Waals surface area (Å²) in [6.45, 7) is 1.92. The van der Waals surface area contributed by atoms with Crippen LogP contribution in [0.3, 0.4) is 0 Å². The Labute approximate surface area is 110 Å². The van der Waals surface area contributed by atoms with Crippen LogP contribution in [-0.4, -0.2) is 17.9 Å². The van der Waals surface area contributed by atoms with Crippen molar-refractivity contribution in [2.45, 2.75) is 31.6 Å². The van der Waals surface area contributed by atoms with Crippen molar-refractivity contribution >= 4 is 23.6 Å². The zero-order chi connectivity index (χ0) is 13.9. The highest BCUT2D eigenvalue weighted by Gasteiger charge is 2.42. The number of hydrogen-bond donors (Lipinski definition) is 1. The number of carbonyl (C=O) groups excluding carboxylic acids is 3. The lowest BCUT2D eigenvalue weighted by Gasteiger charge is -2.34. The summed E-state index contributed by atoms with van der Waals surface area (Å²) in [5.41, 5.74) is 0.666. The van der Waals surface area contributed by atoms with Crippen molar-refractivity contribution in [1.82, 2.24) is 5.32 Å². The zero-order valence-corrected chi connectivity index (χ0v) is 10.6. The molecule has 0 bridgehead atoms. The molecule has 0 spiro atoms. The first-order valence-corrected chi connectivity index (χ1v) is 6.15. The van der Waals surface area contributed by atoms with Gasteiger partial charge in [-0.3, -0.25) is 14.9 Å². The topological polar surface area (TPSA) is 75.6 Å². The molecule has 5 nitrogen and oxygen atoms in total. The number of nitrogens with zero attached hydrogens (tertiary/aromatic N) is 1. The third kappa shape index (κ3) is 2.33. The molecule has 1 aliphatic heterocycles. The van der Waals surface area contributed by atoms with Gasteiger partial charge in [0.2, 0.25) is 17.9 Å². The Kier molecular flexibility index (Phi) is 3.58. The second kappa shape index (κ2) is 5.16. The number of nitrogens with one attached hydrogen (secondary N) is 1. The van der Waals surface area contributed by atoms with Crippen LogP contribution in [-0.2, 0) is 19.8 Å². The predicted octanol–water partition coefficient (Wildman–Crippen LogP) is 1.74. The first kappa shape index (κ1) is 13.2. The van der Waals surface area contributed by atoms with Crippen molar-refractivity contribution in [3.8, 4) is 0 Å². The van der Waals surface area contributed by atoms with Crippen LogP contribution in [0.5, 0.6) is 0 Å². The molecule has 1 fully saturated rings. The van der Waals surface area contributed by atoms with Crippen molar-refractivity contribution in [1.29, 1.82) is 0 Å². The van der Waals surface area contributed by atoms with E-state index in [0.29, 0.717) is 24.9 Å². The van der Waals surface area contributed by atoms with Gasteiger partial charge < -0.3 is 0 Å². The fourth-order valence-corrected chi connectivity index (χ4v) is 2.47. The smallest absolute Gasteiger partial charge is 0.240 e. The maximum Gasteiger partial charge on any atom is 0.240 e. The molecule has 1 aliphatic rings. The molecule has 1 aromatic carbocycles. The van der Waals surface area contributed by atoms with E-state index in [2.05, 4.69) is 10.3 Å². The summed E-state index contributed by atoms with van der Waals surface area (Å²) in [6, 6.07) is 6.88. The molecule has 1 atom stereocenters. The Balaban J connectivity index is 2.38. The minimum Gasteiger partial charge on any atom is -0.296 e. The average Bonchev–Trinajstić information content (AvgIpc) is 2.41. The van der Waals surface area contributed by atoms with E-state index in [1.165, 1.54) is 6.08 Å². The second-order valence-electron chi connectivity index (χ2n) is 4.56. The van der Waals surface area contributed by atoms with Crippen molar-refractivity contribution in [3.63, 3.8) is 0 Å². The summed E-state index contributed by atoms with van der Waals surface area (Å²) < 4.78 is 0. The molecule has 98 valence electrons. The first-order valence-electron chi connectivity index (χ1n) is 6.15. The summed E-state index contributed by atoms with van der Waals surface area (Å²) in [5, 5.41) is 2.40. The van der Waals surface area contributed by atoms with Gasteiger partial charge in [0.25, 0.3) is 0 Å². The molecule has 0 aliphatic carbocycles.